The van der Waals surface area contributed by atoms with E-state index in [4.69, 9.17) is 10.5 Å². The molecule has 0 aliphatic rings. The number of hydrogen-bond acceptors (Lipinski definition) is 3. The Kier molecular flexibility index (Phi) is 2.93. The van der Waals surface area contributed by atoms with Crippen molar-refractivity contribution in [2.75, 3.05) is 7.11 Å². The fraction of sp³-hybridized carbons (Fsp3) is 0.333. The van der Waals surface area contributed by atoms with Crippen molar-refractivity contribution in [3.8, 4) is 5.75 Å². The van der Waals surface area contributed by atoms with Gasteiger partial charge in [0.05, 0.1) is 7.11 Å². The van der Waals surface area contributed by atoms with Gasteiger partial charge in [-0.1, -0.05) is 6.07 Å². The Labute approximate surface area is 93.7 Å². The third-order valence-electron chi connectivity index (χ3n) is 2.32. The number of hydrogen-bond donors (Lipinski definition) is 1. The third kappa shape index (κ3) is 2.13. The number of methoxy groups -OCH3 is 1. The normalized spacial score (nSPS) is 13.0. The fourth-order valence-electron chi connectivity index (χ4n) is 1.68. The molecule has 1 atom stereocenters. The molecular formula is C12H15NOS. The van der Waals surface area contributed by atoms with Gasteiger partial charge in [0, 0.05) is 21.0 Å². The largest absolute Gasteiger partial charge is 0.496 e. The molecule has 2 nitrogen and oxygen atoms in total. The highest BCUT2D eigenvalue weighted by atomic mass is 32.1. The second-order valence-corrected chi connectivity index (χ2v) is 4.93. The molecule has 0 saturated heterocycles. The molecule has 80 valence electrons. The summed E-state index contributed by atoms with van der Waals surface area (Å²) in [5.41, 5.74) is 5.79. The summed E-state index contributed by atoms with van der Waals surface area (Å²) in [4.78, 5) is 1.32. The van der Waals surface area contributed by atoms with Gasteiger partial charge in [-0.05, 0) is 31.5 Å². The van der Waals surface area contributed by atoms with Crippen LogP contribution in [0.3, 0.4) is 0 Å². The molecule has 0 spiro atoms. The van der Waals surface area contributed by atoms with E-state index in [0.717, 1.165) is 12.2 Å². The van der Waals surface area contributed by atoms with Crippen LogP contribution in [0, 0.1) is 0 Å². The molecule has 1 aromatic heterocycles. The van der Waals surface area contributed by atoms with E-state index in [0.29, 0.717) is 0 Å². The quantitative estimate of drug-likeness (QED) is 0.865. The Balaban J connectivity index is 2.45. The molecule has 2 rings (SSSR count). The minimum Gasteiger partial charge on any atom is -0.496 e. The van der Waals surface area contributed by atoms with E-state index in [2.05, 4.69) is 12.1 Å². The van der Waals surface area contributed by atoms with Crippen LogP contribution in [0.25, 0.3) is 10.1 Å². The molecule has 0 fully saturated rings. The number of thiophene rings is 1. The maximum absolute atomic E-state index is 5.79. The number of fused-ring (bicyclic) bond motifs is 1. The molecule has 15 heavy (non-hydrogen) atoms. The SMILES string of the molecule is COc1cccc2sc(CC(C)N)cc12. The lowest BCUT2D eigenvalue weighted by Gasteiger charge is -2.00. The summed E-state index contributed by atoms with van der Waals surface area (Å²) in [7, 11) is 1.71. The monoisotopic (exact) mass is 221 g/mol. The first-order chi connectivity index (χ1) is 7.20. The van der Waals surface area contributed by atoms with E-state index >= 15 is 0 Å². The van der Waals surface area contributed by atoms with Crippen molar-refractivity contribution >= 4 is 21.4 Å². The van der Waals surface area contributed by atoms with Gasteiger partial charge in [-0.15, -0.1) is 11.3 Å². The number of nitrogens with two attached hydrogens (primary N) is 1. The van der Waals surface area contributed by atoms with Gasteiger partial charge >= 0.3 is 0 Å². The van der Waals surface area contributed by atoms with Gasteiger partial charge in [0.15, 0.2) is 0 Å². The molecule has 0 radical (unpaired) electrons. The van der Waals surface area contributed by atoms with Crippen LogP contribution in [-0.2, 0) is 6.42 Å². The Morgan fingerprint density at radius 3 is 2.93 bits per heavy atom. The smallest absolute Gasteiger partial charge is 0.127 e. The molecule has 0 bridgehead atoms. The van der Waals surface area contributed by atoms with E-state index in [9.17, 15) is 0 Å². The van der Waals surface area contributed by atoms with Gasteiger partial charge in [0.1, 0.15) is 5.75 Å². The van der Waals surface area contributed by atoms with E-state index in [-0.39, 0.29) is 6.04 Å². The number of benzene rings is 1. The summed E-state index contributed by atoms with van der Waals surface area (Å²) in [6.45, 7) is 2.03. The average molecular weight is 221 g/mol. The van der Waals surface area contributed by atoms with Crippen molar-refractivity contribution < 1.29 is 4.74 Å². The topological polar surface area (TPSA) is 35.2 Å². The lowest BCUT2D eigenvalue weighted by molar-refractivity contribution is 0.420. The van der Waals surface area contributed by atoms with Crippen LogP contribution in [0.2, 0.25) is 0 Å². The highest BCUT2D eigenvalue weighted by Crippen LogP contribution is 2.32. The summed E-state index contributed by atoms with van der Waals surface area (Å²) in [6.07, 6.45) is 0.933. The average Bonchev–Trinajstić information content (AvgIpc) is 2.58. The first-order valence-corrected chi connectivity index (χ1v) is 5.83. The third-order valence-corrected chi connectivity index (χ3v) is 3.44. The van der Waals surface area contributed by atoms with Crippen LogP contribution in [0.1, 0.15) is 11.8 Å². The summed E-state index contributed by atoms with van der Waals surface area (Å²) >= 11 is 1.80. The van der Waals surface area contributed by atoms with E-state index in [1.165, 1.54) is 15.0 Å². The van der Waals surface area contributed by atoms with Gasteiger partial charge in [-0.3, -0.25) is 0 Å². The van der Waals surface area contributed by atoms with E-state index in [1.54, 1.807) is 18.4 Å². The lowest BCUT2D eigenvalue weighted by Crippen LogP contribution is -2.16. The first-order valence-electron chi connectivity index (χ1n) is 5.01. The van der Waals surface area contributed by atoms with Gasteiger partial charge in [-0.25, -0.2) is 0 Å². The maximum atomic E-state index is 5.79. The van der Waals surface area contributed by atoms with Gasteiger partial charge in [0.2, 0.25) is 0 Å². The highest BCUT2D eigenvalue weighted by Gasteiger charge is 2.07. The molecule has 0 saturated carbocycles. The fourth-order valence-corrected chi connectivity index (χ4v) is 2.90. The van der Waals surface area contributed by atoms with Gasteiger partial charge in [-0.2, -0.15) is 0 Å². The van der Waals surface area contributed by atoms with Gasteiger partial charge < -0.3 is 10.5 Å². The zero-order valence-electron chi connectivity index (χ0n) is 8.99. The lowest BCUT2D eigenvalue weighted by atomic mass is 10.2. The van der Waals surface area contributed by atoms with Crippen LogP contribution in [0.5, 0.6) is 5.75 Å². The Morgan fingerprint density at radius 2 is 2.27 bits per heavy atom. The maximum Gasteiger partial charge on any atom is 0.127 e. The van der Waals surface area contributed by atoms with Crippen molar-refractivity contribution in [3.05, 3.63) is 29.1 Å². The molecule has 1 aromatic carbocycles. The van der Waals surface area contributed by atoms with Crippen LogP contribution in [0.4, 0.5) is 0 Å². The van der Waals surface area contributed by atoms with Crippen molar-refractivity contribution in [2.45, 2.75) is 19.4 Å². The zero-order chi connectivity index (χ0) is 10.8. The number of ether oxygens (including phenoxy) is 1. The van der Waals surface area contributed by atoms with Crippen LogP contribution < -0.4 is 10.5 Å². The molecule has 2 N–H and O–H groups in total. The highest BCUT2D eigenvalue weighted by molar-refractivity contribution is 7.19. The summed E-state index contributed by atoms with van der Waals surface area (Å²) in [5.74, 6) is 0.944. The first kappa shape index (κ1) is 10.5. The van der Waals surface area contributed by atoms with Crippen molar-refractivity contribution in [3.63, 3.8) is 0 Å². The minimum absolute atomic E-state index is 0.212. The molecule has 1 unspecified atom stereocenters. The van der Waals surface area contributed by atoms with E-state index in [1.807, 2.05) is 19.1 Å². The molecule has 0 amide bonds. The Hall–Kier alpha value is -1.06. The van der Waals surface area contributed by atoms with Crippen molar-refractivity contribution in [2.24, 2.45) is 5.73 Å². The molecule has 0 aliphatic heterocycles. The van der Waals surface area contributed by atoms with E-state index < -0.39 is 0 Å². The van der Waals surface area contributed by atoms with Gasteiger partial charge in [0.25, 0.3) is 0 Å². The van der Waals surface area contributed by atoms with Crippen molar-refractivity contribution in [1.29, 1.82) is 0 Å². The predicted molar refractivity (Wildman–Crippen MR) is 65.7 cm³/mol. The molecular weight excluding hydrogens is 206 g/mol. The van der Waals surface area contributed by atoms with Crippen LogP contribution >= 0.6 is 11.3 Å². The summed E-state index contributed by atoms with van der Waals surface area (Å²) < 4.78 is 6.59. The minimum atomic E-state index is 0.212. The summed E-state index contributed by atoms with van der Waals surface area (Å²) in [6, 6.07) is 8.53. The van der Waals surface area contributed by atoms with Crippen molar-refractivity contribution in [1.82, 2.24) is 0 Å². The van der Waals surface area contributed by atoms with Crippen LogP contribution in [-0.4, -0.2) is 13.2 Å². The van der Waals surface area contributed by atoms with Crippen LogP contribution in [0.15, 0.2) is 24.3 Å². The second kappa shape index (κ2) is 4.21. The molecule has 2 aromatic rings. The zero-order valence-corrected chi connectivity index (χ0v) is 9.80. The number of rotatable bonds is 3. The Morgan fingerprint density at radius 1 is 1.47 bits per heavy atom. The summed E-state index contributed by atoms with van der Waals surface area (Å²) in [5, 5.41) is 1.20. The molecule has 3 heteroatoms. The Bertz CT molecular complexity index is 462. The molecule has 0 aliphatic carbocycles. The predicted octanol–water partition coefficient (Wildman–Crippen LogP) is 2.80. The molecule has 1 heterocycles. The second-order valence-electron chi connectivity index (χ2n) is 3.77. The standard InChI is InChI=1S/C12H15NOS/c1-8(13)6-9-7-10-11(14-2)4-3-5-12(10)15-9/h3-5,7-8H,6,13H2,1-2H3.